The van der Waals surface area contributed by atoms with Crippen molar-refractivity contribution in [2.75, 3.05) is 13.7 Å². The third-order valence-corrected chi connectivity index (χ3v) is 2.49. The van der Waals surface area contributed by atoms with E-state index in [1.165, 1.54) is 12.0 Å². The number of hydrogen-bond acceptors (Lipinski definition) is 2. The van der Waals surface area contributed by atoms with Gasteiger partial charge in [0.2, 0.25) is 0 Å². The lowest BCUT2D eigenvalue weighted by Crippen LogP contribution is -2.12. The molecule has 2 heteroatoms. The molecule has 1 rings (SSSR count). The van der Waals surface area contributed by atoms with Gasteiger partial charge in [0.1, 0.15) is 5.75 Å². The molecule has 1 atom stereocenters. The first-order valence-corrected chi connectivity index (χ1v) is 5.15. The van der Waals surface area contributed by atoms with Crippen LogP contribution in [-0.4, -0.2) is 13.7 Å². The van der Waals surface area contributed by atoms with Gasteiger partial charge in [0.05, 0.1) is 7.11 Å². The van der Waals surface area contributed by atoms with E-state index in [4.69, 9.17) is 10.5 Å². The minimum Gasteiger partial charge on any atom is -0.497 e. The van der Waals surface area contributed by atoms with Gasteiger partial charge in [-0.2, -0.15) is 0 Å². The standard InChI is InChI=1S/C12H19NO/c1-3-5-11(9-13)10-6-4-7-12(8-10)14-2/h4,6-8,11H,3,5,9,13H2,1-2H3. The first-order valence-electron chi connectivity index (χ1n) is 5.15. The second-order valence-corrected chi connectivity index (χ2v) is 3.50. The number of nitrogens with two attached hydrogens (primary N) is 1. The summed E-state index contributed by atoms with van der Waals surface area (Å²) in [5.41, 5.74) is 7.03. The summed E-state index contributed by atoms with van der Waals surface area (Å²) in [7, 11) is 1.69. The van der Waals surface area contributed by atoms with Gasteiger partial charge >= 0.3 is 0 Å². The Bertz CT molecular complexity index is 273. The average molecular weight is 193 g/mol. The molecular weight excluding hydrogens is 174 g/mol. The molecule has 0 aliphatic heterocycles. The zero-order chi connectivity index (χ0) is 10.4. The summed E-state index contributed by atoms with van der Waals surface area (Å²) in [6.07, 6.45) is 2.31. The van der Waals surface area contributed by atoms with Crippen LogP contribution in [0.25, 0.3) is 0 Å². The maximum Gasteiger partial charge on any atom is 0.119 e. The van der Waals surface area contributed by atoms with Crippen LogP contribution in [0.5, 0.6) is 5.75 Å². The minimum atomic E-state index is 0.468. The molecule has 0 saturated heterocycles. The Morgan fingerprint density at radius 1 is 1.43 bits per heavy atom. The molecule has 1 aromatic carbocycles. The fourth-order valence-corrected chi connectivity index (χ4v) is 1.66. The van der Waals surface area contributed by atoms with Crippen LogP contribution in [0.4, 0.5) is 0 Å². The van der Waals surface area contributed by atoms with Gasteiger partial charge in [0.15, 0.2) is 0 Å². The molecule has 0 fully saturated rings. The third kappa shape index (κ3) is 2.74. The zero-order valence-corrected chi connectivity index (χ0v) is 8.99. The average Bonchev–Trinajstić information content (AvgIpc) is 2.26. The van der Waals surface area contributed by atoms with E-state index in [9.17, 15) is 0 Å². The summed E-state index contributed by atoms with van der Waals surface area (Å²) in [4.78, 5) is 0. The van der Waals surface area contributed by atoms with Gasteiger partial charge in [-0.25, -0.2) is 0 Å². The topological polar surface area (TPSA) is 35.2 Å². The van der Waals surface area contributed by atoms with Crippen molar-refractivity contribution in [3.05, 3.63) is 29.8 Å². The highest BCUT2D eigenvalue weighted by Crippen LogP contribution is 2.23. The molecular formula is C12H19NO. The van der Waals surface area contributed by atoms with E-state index in [0.717, 1.165) is 12.2 Å². The predicted molar refractivity (Wildman–Crippen MR) is 59.7 cm³/mol. The van der Waals surface area contributed by atoms with Gasteiger partial charge in [-0.05, 0) is 36.6 Å². The maximum absolute atomic E-state index is 5.74. The molecule has 78 valence electrons. The van der Waals surface area contributed by atoms with Gasteiger partial charge in [-0.1, -0.05) is 25.5 Å². The van der Waals surface area contributed by atoms with Crippen molar-refractivity contribution >= 4 is 0 Å². The van der Waals surface area contributed by atoms with E-state index in [1.807, 2.05) is 12.1 Å². The van der Waals surface area contributed by atoms with Crippen molar-refractivity contribution in [3.63, 3.8) is 0 Å². The van der Waals surface area contributed by atoms with Crippen LogP contribution in [-0.2, 0) is 0 Å². The molecule has 0 saturated carbocycles. The Labute approximate surface area is 86.1 Å². The van der Waals surface area contributed by atoms with E-state index in [1.54, 1.807) is 7.11 Å². The highest BCUT2D eigenvalue weighted by Gasteiger charge is 2.08. The molecule has 0 amide bonds. The van der Waals surface area contributed by atoms with Crippen LogP contribution in [0, 0.1) is 0 Å². The van der Waals surface area contributed by atoms with E-state index >= 15 is 0 Å². The number of rotatable bonds is 5. The summed E-state index contributed by atoms with van der Waals surface area (Å²) in [6.45, 7) is 2.89. The van der Waals surface area contributed by atoms with E-state index < -0.39 is 0 Å². The lowest BCUT2D eigenvalue weighted by molar-refractivity contribution is 0.413. The van der Waals surface area contributed by atoms with Crippen LogP contribution in [0.15, 0.2) is 24.3 Å². The molecule has 1 aromatic rings. The smallest absolute Gasteiger partial charge is 0.119 e. The molecule has 1 unspecified atom stereocenters. The van der Waals surface area contributed by atoms with Gasteiger partial charge < -0.3 is 10.5 Å². The van der Waals surface area contributed by atoms with Crippen LogP contribution in [0.1, 0.15) is 31.2 Å². The SMILES string of the molecule is CCCC(CN)c1cccc(OC)c1. The van der Waals surface area contributed by atoms with E-state index in [0.29, 0.717) is 12.5 Å². The van der Waals surface area contributed by atoms with Crippen molar-refractivity contribution in [2.45, 2.75) is 25.7 Å². The Morgan fingerprint density at radius 2 is 2.21 bits per heavy atom. The quantitative estimate of drug-likeness (QED) is 0.780. The molecule has 0 radical (unpaired) electrons. The zero-order valence-electron chi connectivity index (χ0n) is 8.99. The Balaban J connectivity index is 2.80. The molecule has 14 heavy (non-hydrogen) atoms. The minimum absolute atomic E-state index is 0.468. The molecule has 0 aromatic heterocycles. The summed E-state index contributed by atoms with van der Waals surface area (Å²) >= 11 is 0. The van der Waals surface area contributed by atoms with E-state index in [-0.39, 0.29) is 0 Å². The number of ether oxygens (including phenoxy) is 1. The van der Waals surface area contributed by atoms with Crippen molar-refractivity contribution in [1.29, 1.82) is 0 Å². The van der Waals surface area contributed by atoms with Gasteiger partial charge in [-0.3, -0.25) is 0 Å². The Morgan fingerprint density at radius 3 is 2.79 bits per heavy atom. The van der Waals surface area contributed by atoms with E-state index in [2.05, 4.69) is 19.1 Å². The number of methoxy groups -OCH3 is 1. The van der Waals surface area contributed by atoms with Gasteiger partial charge in [0.25, 0.3) is 0 Å². The monoisotopic (exact) mass is 193 g/mol. The maximum atomic E-state index is 5.74. The lowest BCUT2D eigenvalue weighted by Gasteiger charge is -2.14. The van der Waals surface area contributed by atoms with Crippen molar-refractivity contribution in [3.8, 4) is 5.75 Å². The lowest BCUT2D eigenvalue weighted by atomic mass is 9.94. The second kappa shape index (κ2) is 5.66. The predicted octanol–water partition coefficient (Wildman–Crippen LogP) is 2.54. The van der Waals surface area contributed by atoms with Crippen LogP contribution < -0.4 is 10.5 Å². The number of benzene rings is 1. The number of hydrogen-bond donors (Lipinski definition) is 1. The van der Waals surface area contributed by atoms with Crippen LogP contribution in [0.2, 0.25) is 0 Å². The van der Waals surface area contributed by atoms with Gasteiger partial charge in [-0.15, -0.1) is 0 Å². The van der Waals surface area contributed by atoms with Crippen LogP contribution >= 0.6 is 0 Å². The highest BCUT2D eigenvalue weighted by atomic mass is 16.5. The van der Waals surface area contributed by atoms with Crippen molar-refractivity contribution in [2.24, 2.45) is 5.73 Å². The molecule has 0 heterocycles. The van der Waals surface area contributed by atoms with Crippen molar-refractivity contribution in [1.82, 2.24) is 0 Å². The first kappa shape index (κ1) is 11.1. The van der Waals surface area contributed by atoms with Crippen molar-refractivity contribution < 1.29 is 4.74 Å². The first-order chi connectivity index (χ1) is 6.81. The van der Waals surface area contributed by atoms with Gasteiger partial charge in [0, 0.05) is 0 Å². The van der Waals surface area contributed by atoms with Crippen LogP contribution in [0.3, 0.4) is 0 Å². The molecule has 0 aliphatic rings. The molecule has 2 N–H and O–H groups in total. The second-order valence-electron chi connectivity index (χ2n) is 3.50. The summed E-state index contributed by atoms with van der Waals surface area (Å²) in [6, 6.07) is 8.18. The fourth-order valence-electron chi connectivity index (χ4n) is 1.66. The normalized spacial score (nSPS) is 12.5. The third-order valence-electron chi connectivity index (χ3n) is 2.49. The highest BCUT2D eigenvalue weighted by molar-refractivity contribution is 5.30. The summed E-state index contributed by atoms with van der Waals surface area (Å²) in [5.74, 6) is 1.38. The molecule has 0 bridgehead atoms. The summed E-state index contributed by atoms with van der Waals surface area (Å²) in [5, 5.41) is 0. The summed E-state index contributed by atoms with van der Waals surface area (Å²) < 4.78 is 5.19. The molecule has 0 spiro atoms. The largest absolute Gasteiger partial charge is 0.497 e. The molecule has 0 aliphatic carbocycles. The fraction of sp³-hybridized carbons (Fsp3) is 0.500. The Kier molecular flexibility index (Phi) is 4.47. The molecule has 2 nitrogen and oxygen atoms in total. The Hall–Kier alpha value is -1.02.